The van der Waals surface area contributed by atoms with E-state index in [1.807, 2.05) is 19.1 Å². The zero-order valence-corrected chi connectivity index (χ0v) is 13.2. The van der Waals surface area contributed by atoms with E-state index in [0.717, 1.165) is 0 Å². The highest BCUT2D eigenvalue weighted by atomic mass is 16.3. The van der Waals surface area contributed by atoms with Gasteiger partial charge in [-0.3, -0.25) is 14.4 Å². The molecule has 0 aromatic carbocycles. The van der Waals surface area contributed by atoms with Gasteiger partial charge in [0, 0.05) is 12.3 Å². The van der Waals surface area contributed by atoms with Gasteiger partial charge in [0.05, 0.1) is 6.04 Å². The number of ketones is 2. The standard InChI is InChI=1S/C17H21NO5/c1-7-3-4-9-5-11(19)12(20)6-10(9)13(7)16(22)14-15(21)8(2)18-17(14)23/h3-4,7-10,12-13,20,22H,5-6H2,1-2H3,(H,18,23)/b16-14+/t7-,8+,9-,10-,12+,13-/m1/s1. The highest BCUT2D eigenvalue weighted by Crippen LogP contribution is 2.45. The summed E-state index contributed by atoms with van der Waals surface area (Å²) in [6.45, 7) is 3.48. The van der Waals surface area contributed by atoms with Crippen LogP contribution in [-0.2, 0) is 14.4 Å². The Morgan fingerprint density at radius 3 is 2.52 bits per heavy atom. The molecule has 2 fully saturated rings. The summed E-state index contributed by atoms with van der Waals surface area (Å²) in [6.07, 6.45) is 3.29. The van der Waals surface area contributed by atoms with Crippen molar-refractivity contribution >= 4 is 17.5 Å². The Morgan fingerprint density at radius 1 is 1.22 bits per heavy atom. The number of hydrogen-bond acceptors (Lipinski definition) is 5. The number of hydrogen-bond donors (Lipinski definition) is 3. The minimum atomic E-state index is -1.04. The van der Waals surface area contributed by atoms with E-state index in [1.54, 1.807) is 6.92 Å². The lowest BCUT2D eigenvalue weighted by atomic mass is 9.63. The maximum absolute atomic E-state index is 12.2. The van der Waals surface area contributed by atoms with E-state index in [1.165, 1.54) is 0 Å². The van der Waals surface area contributed by atoms with Crippen molar-refractivity contribution in [1.29, 1.82) is 0 Å². The number of Topliss-reactive ketones (excluding diaryl/α,β-unsaturated/α-hetero) is 2. The number of amides is 1. The number of carbonyl (C=O) groups is 3. The molecule has 23 heavy (non-hydrogen) atoms. The van der Waals surface area contributed by atoms with Crippen LogP contribution in [-0.4, -0.2) is 39.8 Å². The average molecular weight is 319 g/mol. The summed E-state index contributed by atoms with van der Waals surface area (Å²) in [7, 11) is 0. The van der Waals surface area contributed by atoms with E-state index in [-0.39, 0.29) is 47.7 Å². The molecule has 3 N–H and O–H groups in total. The summed E-state index contributed by atoms with van der Waals surface area (Å²) in [5.74, 6) is -2.11. The molecule has 6 nitrogen and oxygen atoms in total. The summed E-state index contributed by atoms with van der Waals surface area (Å²) in [5, 5.41) is 23.1. The smallest absolute Gasteiger partial charge is 0.259 e. The van der Waals surface area contributed by atoms with Crippen LogP contribution in [0, 0.1) is 23.7 Å². The Kier molecular flexibility index (Phi) is 3.88. The predicted octanol–water partition coefficient (Wildman–Crippen LogP) is 0.664. The van der Waals surface area contributed by atoms with E-state index < -0.39 is 29.8 Å². The van der Waals surface area contributed by atoms with Gasteiger partial charge in [-0.2, -0.15) is 0 Å². The Hall–Kier alpha value is -1.95. The number of aliphatic hydroxyl groups is 2. The number of nitrogens with one attached hydrogen (secondary N) is 1. The van der Waals surface area contributed by atoms with Gasteiger partial charge in [0.15, 0.2) is 11.6 Å². The van der Waals surface area contributed by atoms with E-state index in [9.17, 15) is 24.6 Å². The summed E-state index contributed by atoms with van der Waals surface area (Å²) < 4.78 is 0. The maximum Gasteiger partial charge on any atom is 0.259 e. The Morgan fingerprint density at radius 2 is 1.91 bits per heavy atom. The van der Waals surface area contributed by atoms with Crippen molar-refractivity contribution in [2.75, 3.05) is 0 Å². The number of allylic oxidation sites excluding steroid dienone is 3. The molecule has 0 aromatic heterocycles. The predicted molar refractivity (Wildman–Crippen MR) is 81.3 cm³/mol. The minimum absolute atomic E-state index is 0.0770. The molecule has 6 atom stereocenters. The second kappa shape index (κ2) is 5.60. The molecular formula is C17H21NO5. The van der Waals surface area contributed by atoms with Crippen LogP contribution in [0.25, 0.3) is 0 Å². The highest BCUT2D eigenvalue weighted by Gasteiger charge is 2.46. The summed E-state index contributed by atoms with van der Waals surface area (Å²) in [4.78, 5) is 35.9. The van der Waals surface area contributed by atoms with Gasteiger partial charge >= 0.3 is 0 Å². The van der Waals surface area contributed by atoms with E-state index >= 15 is 0 Å². The zero-order valence-electron chi connectivity index (χ0n) is 13.2. The van der Waals surface area contributed by atoms with Crippen molar-refractivity contribution in [1.82, 2.24) is 5.32 Å². The number of aliphatic hydroxyl groups excluding tert-OH is 2. The first-order chi connectivity index (χ1) is 10.8. The molecule has 0 bridgehead atoms. The first-order valence-electron chi connectivity index (χ1n) is 7.98. The molecule has 1 heterocycles. The fraction of sp³-hybridized carbons (Fsp3) is 0.588. The molecule has 0 aromatic rings. The average Bonchev–Trinajstić information content (AvgIpc) is 2.73. The van der Waals surface area contributed by atoms with Gasteiger partial charge in [-0.1, -0.05) is 19.1 Å². The van der Waals surface area contributed by atoms with Gasteiger partial charge < -0.3 is 15.5 Å². The fourth-order valence-corrected chi connectivity index (χ4v) is 4.06. The van der Waals surface area contributed by atoms with Crippen molar-refractivity contribution in [3.63, 3.8) is 0 Å². The van der Waals surface area contributed by atoms with Crippen LogP contribution in [0.4, 0.5) is 0 Å². The van der Waals surface area contributed by atoms with Gasteiger partial charge in [0.1, 0.15) is 17.4 Å². The summed E-state index contributed by atoms with van der Waals surface area (Å²) in [6, 6.07) is -0.636. The van der Waals surface area contributed by atoms with Crippen LogP contribution in [0.2, 0.25) is 0 Å². The number of fused-ring (bicyclic) bond motifs is 1. The maximum atomic E-state index is 12.2. The highest BCUT2D eigenvalue weighted by molar-refractivity contribution is 6.26. The second-order valence-electron chi connectivity index (χ2n) is 6.84. The van der Waals surface area contributed by atoms with E-state index in [0.29, 0.717) is 0 Å². The second-order valence-corrected chi connectivity index (χ2v) is 6.84. The van der Waals surface area contributed by atoms with Crippen molar-refractivity contribution < 1.29 is 24.6 Å². The zero-order chi connectivity index (χ0) is 16.9. The molecule has 1 aliphatic heterocycles. The van der Waals surface area contributed by atoms with Crippen LogP contribution in [0.5, 0.6) is 0 Å². The molecule has 3 aliphatic rings. The van der Waals surface area contributed by atoms with Gasteiger partial charge in [-0.15, -0.1) is 0 Å². The molecule has 124 valence electrons. The summed E-state index contributed by atoms with van der Waals surface area (Å²) >= 11 is 0. The third-order valence-electron chi connectivity index (χ3n) is 5.33. The van der Waals surface area contributed by atoms with Crippen LogP contribution >= 0.6 is 0 Å². The first kappa shape index (κ1) is 15.9. The number of carbonyl (C=O) groups excluding carboxylic acids is 3. The van der Waals surface area contributed by atoms with Gasteiger partial charge in [0.2, 0.25) is 0 Å². The molecule has 6 heteroatoms. The SMILES string of the molecule is C[C@@H]1NC(=O)/C(=C(/O)[C@H]2[C@@H]3C[C@H](O)C(=O)C[C@H]3C=C[C@H]2C)C1=O. The van der Waals surface area contributed by atoms with Gasteiger partial charge in [0.25, 0.3) is 5.91 Å². The molecule has 1 saturated heterocycles. The molecular weight excluding hydrogens is 298 g/mol. The van der Waals surface area contributed by atoms with Crippen molar-refractivity contribution in [3.8, 4) is 0 Å². The number of rotatable bonds is 1. The molecule has 0 unspecified atom stereocenters. The van der Waals surface area contributed by atoms with Crippen LogP contribution in [0.3, 0.4) is 0 Å². The molecule has 1 saturated carbocycles. The Labute approximate surface area is 134 Å². The molecule has 2 aliphatic carbocycles. The lowest BCUT2D eigenvalue weighted by Gasteiger charge is -2.42. The lowest BCUT2D eigenvalue weighted by Crippen LogP contribution is -2.42. The normalized spacial score (nSPS) is 42.5. The largest absolute Gasteiger partial charge is 0.511 e. The fourth-order valence-electron chi connectivity index (χ4n) is 4.06. The van der Waals surface area contributed by atoms with Gasteiger partial charge in [-0.25, -0.2) is 0 Å². The lowest BCUT2D eigenvalue weighted by molar-refractivity contribution is -0.133. The quantitative estimate of drug-likeness (QED) is 0.285. The molecule has 0 spiro atoms. The molecule has 0 radical (unpaired) electrons. The molecule has 1 amide bonds. The van der Waals surface area contributed by atoms with Crippen molar-refractivity contribution in [3.05, 3.63) is 23.5 Å². The monoisotopic (exact) mass is 319 g/mol. The van der Waals surface area contributed by atoms with Crippen LogP contribution in [0.1, 0.15) is 26.7 Å². The van der Waals surface area contributed by atoms with Crippen LogP contribution in [0.15, 0.2) is 23.5 Å². The van der Waals surface area contributed by atoms with Crippen LogP contribution < -0.4 is 5.32 Å². The third-order valence-corrected chi connectivity index (χ3v) is 5.33. The van der Waals surface area contributed by atoms with E-state index in [2.05, 4.69) is 5.32 Å². The van der Waals surface area contributed by atoms with E-state index in [4.69, 9.17) is 0 Å². The Bertz CT molecular complexity index is 635. The molecule has 3 rings (SSSR count). The Balaban J connectivity index is 2.00. The minimum Gasteiger partial charge on any atom is -0.511 e. The topological polar surface area (TPSA) is 104 Å². The summed E-state index contributed by atoms with van der Waals surface area (Å²) in [5.41, 5.74) is -0.171. The van der Waals surface area contributed by atoms with Gasteiger partial charge in [-0.05, 0) is 31.1 Å². The van der Waals surface area contributed by atoms with Crippen molar-refractivity contribution in [2.45, 2.75) is 38.8 Å². The first-order valence-corrected chi connectivity index (χ1v) is 7.98. The van der Waals surface area contributed by atoms with Crippen molar-refractivity contribution in [2.24, 2.45) is 23.7 Å². The third kappa shape index (κ3) is 2.51.